The van der Waals surface area contributed by atoms with Gasteiger partial charge in [0.1, 0.15) is 0 Å². The van der Waals surface area contributed by atoms with Crippen LogP contribution in [-0.2, 0) is 0 Å². The molecule has 0 N–H and O–H groups in total. The van der Waals surface area contributed by atoms with E-state index in [1.165, 1.54) is 32.1 Å². The van der Waals surface area contributed by atoms with Crippen molar-refractivity contribution in [2.24, 2.45) is 5.92 Å². The molecule has 1 rings (SSSR count). The second-order valence-electron chi connectivity index (χ2n) is 4.20. The van der Waals surface area contributed by atoms with Crippen molar-refractivity contribution in [3.63, 3.8) is 0 Å². The van der Waals surface area contributed by atoms with E-state index in [9.17, 15) is 0 Å². The number of hydrogen-bond acceptors (Lipinski definition) is 1. The Kier molecular flexibility index (Phi) is 3.38. The number of rotatable bonds is 3. The van der Waals surface area contributed by atoms with Crippen LogP contribution in [0, 0.1) is 5.92 Å². The van der Waals surface area contributed by atoms with Gasteiger partial charge in [-0.05, 0) is 33.4 Å². The second-order valence-corrected chi connectivity index (χ2v) is 4.20. The molecule has 0 amide bonds. The van der Waals surface area contributed by atoms with E-state index in [1.54, 1.807) is 0 Å². The van der Waals surface area contributed by atoms with Gasteiger partial charge in [-0.2, -0.15) is 0 Å². The van der Waals surface area contributed by atoms with Crippen LogP contribution in [0.3, 0.4) is 0 Å². The van der Waals surface area contributed by atoms with Gasteiger partial charge in [0.05, 0.1) is 0 Å². The van der Waals surface area contributed by atoms with Crippen LogP contribution in [0.15, 0.2) is 0 Å². The maximum Gasteiger partial charge on any atom is 0.00634 e. The SMILES string of the molecule is CC(CC1CCCC1)N(C)C. The normalized spacial score (nSPS) is 22.9. The van der Waals surface area contributed by atoms with Gasteiger partial charge in [-0.15, -0.1) is 0 Å². The van der Waals surface area contributed by atoms with Gasteiger partial charge in [0.2, 0.25) is 0 Å². The fourth-order valence-corrected chi connectivity index (χ4v) is 1.94. The van der Waals surface area contributed by atoms with Gasteiger partial charge in [-0.3, -0.25) is 0 Å². The fraction of sp³-hybridized carbons (Fsp3) is 1.00. The molecule has 1 unspecified atom stereocenters. The molecule has 1 atom stereocenters. The summed E-state index contributed by atoms with van der Waals surface area (Å²) in [5, 5.41) is 0. The largest absolute Gasteiger partial charge is 0.307 e. The summed E-state index contributed by atoms with van der Waals surface area (Å²) in [6, 6.07) is 0.776. The van der Waals surface area contributed by atoms with Gasteiger partial charge in [0.25, 0.3) is 0 Å². The molecule has 0 bridgehead atoms. The Morgan fingerprint density at radius 1 is 1.27 bits per heavy atom. The maximum absolute atomic E-state index is 2.33. The maximum atomic E-state index is 2.33. The van der Waals surface area contributed by atoms with Gasteiger partial charge in [0, 0.05) is 6.04 Å². The van der Waals surface area contributed by atoms with Gasteiger partial charge < -0.3 is 4.90 Å². The summed E-state index contributed by atoms with van der Waals surface area (Å²) < 4.78 is 0. The highest BCUT2D eigenvalue weighted by molar-refractivity contribution is 4.72. The molecule has 0 aromatic heterocycles. The lowest BCUT2D eigenvalue weighted by molar-refractivity contribution is 0.262. The first-order chi connectivity index (χ1) is 5.20. The van der Waals surface area contributed by atoms with E-state index >= 15 is 0 Å². The molecule has 1 saturated carbocycles. The Morgan fingerprint density at radius 2 is 1.82 bits per heavy atom. The Hall–Kier alpha value is -0.0400. The van der Waals surface area contributed by atoms with Gasteiger partial charge in [-0.1, -0.05) is 25.7 Å². The van der Waals surface area contributed by atoms with Gasteiger partial charge in [0.15, 0.2) is 0 Å². The van der Waals surface area contributed by atoms with Gasteiger partial charge >= 0.3 is 0 Å². The third-order valence-electron chi connectivity index (χ3n) is 3.03. The topological polar surface area (TPSA) is 3.24 Å². The molecule has 1 heteroatoms. The van der Waals surface area contributed by atoms with Crippen molar-refractivity contribution in [1.29, 1.82) is 0 Å². The molecule has 0 saturated heterocycles. The van der Waals surface area contributed by atoms with Crippen LogP contribution in [-0.4, -0.2) is 25.0 Å². The lowest BCUT2D eigenvalue weighted by atomic mass is 9.99. The van der Waals surface area contributed by atoms with Crippen molar-refractivity contribution in [1.82, 2.24) is 4.90 Å². The fourth-order valence-electron chi connectivity index (χ4n) is 1.94. The predicted octanol–water partition coefficient (Wildman–Crippen LogP) is 2.52. The molecular formula is C10H21N. The standard InChI is InChI=1S/C10H21N/c1-9(11(2)3)8-10-6-4-5-7-10/h9-10H,4-8H2,1-3H3. The van der Waals surface area contributed by atoms with Crippen LogP contribution in [0.4, 0.5) is 0 Å². The van der Waals surface area contributed by atoms with Crippen LogP contribution in [0.1, 0.15) is 39.0 Å². The molecule has 0 aromatic carbocycles. The van der Waals surface area contributed by atoms with E-state index in [4.69, 9.17) is 0 Å². The molecule has 0 radical (unpaired) electrons. The molecule has 66 valence electrons. The van der Waals surface area contributed by atoms with Crippen molar-refractivity contribution >= 4 is 0 Å². The first-order valence-electron chi connectivity index (χ1n) is 4.86. The summed E-state index contributed by atoms with van der Waals surface area (Å²) in [6.07, 6.45) is 7.33. The Balaban J connectivity index is 2.18. The first-order valence-corrected chi connectivity index (χ1v) is 4.86. The molecule has 1 fully saturated rings. The van der Waals surface area contributed by atoms with Crippen LogP contribution in [0.5, 0.6) is 0 Å². The Morgan fingerprint density at radius 3 is 2.27 bits per heavy atom. The zero-order valence-electron chi connectivity index (χ0n) is 8.14. The highest BCUT2D eigenvalue weighted by atomic mass is 15.1. The van der Waals surface area contributed by atoms with E-state index in [0.29, 0.717) is 0 Å². The van der Waals surface area contributed by atoms with Crippen molar-refractivity contribution in [3.8, 4) is 0 Å². The summed E-state index contributed by atoms with van der Waals surface area (Å²) in [5.41, 5.74) is 0. The quantitative estimate of drug-likeness (QED) is 0.605. The molecule has 11 heavy (non-hydrogen) atoms. The van der Waals surface area contributed by atoms with E-state index in [-0.39, 0.29) is 0 Å². The zero-order valence-corrected chi connectivity index (χ0v) is 8.14. The Labute approximate surface area is 70.8 Å². The second kappa shape index (κ2) is 4.10. The average Bonchev–Trinajstić information content (AvgIpc) is 2.39. The lowest BCUT2D eigenvalue weighted by Crippen LogP contribution is -2.26. The minimum atomic E-state index is 0.776. The molecule has 1 aliphatic carbocycles. The molecule has 1 aliphatic rings. The Bertz CT molecular complexity index is 103. The number of nitrogens with zero attached hydrogens (tertiary/aromatic N) is 1. The molecule has 0 aromatic rings. The van der Waals surface area contributed by atoms with Gasteiger partial charge in [-0.25, -0.2) is 0 Å². The lowest BCUT2D eigenvalue weighted by Gasteiger charge is -2.22. The van der Waals surface area contributed by atoms with E-state index in [0.717, 1.165) is 12.0 Å². The highest BCUT2D eigenvalue weighted by Crippen LogP contribution is 2.29. The molecule has 0 aliphatic heterocycles. The van der Waals surface area contributed by atoms with Crippen molar-refractivity contribution < 1.29 is 0 Å². The predicted molar refractivity (Wildman–Crippen MR) is 49.7 cm³/mol. The summed E-state index contributed by atoms with van der Waals surface area (Å²) in [5.74, 6) is 1.03. The number of hydrogen-bond donors (Lipinski definition) is 0. The summed E-state index contributed by atoms with van der Waals surface area (Å²) >= 11 is 0. The minimum absolute atomic E-state index is 0.776. The summed E-state index contributed by atoms with van der Waals surface area (Å²) in [6.45, 7) is 2.33. The molecule has 0 heterocycles. The summed E-state index contributed by atoms with van der Waals surface area (Å²) in [4.78, 5) is 2.33. The van der Waals surface area contributed by atoms with E-state index in [2.05, 4.69) is 25.9 Å². The van der Waals surface area contributed by atoms with Crippen LogP contribution in [0.25, 0.3) is 0 Å². The zero-order chi connectivity index (χ0) is 8.27. The van der Waals surface area contributed by atoms with Crippen LogP contribution >= 0.6 is 0 Å². The minimum Gasteiger partial charge on any atom is -0.307 e. The average molecular weight is 155 g/mol. The third-order valence-corrected chi connectivity index (χ3v) is 3.03. The molecule has 1 nitrogen and oxygen atoms in total. The molecular weight excluding hydrogens is 134 g/mol. The van der Waals surface area contributed by atoms with E-state index in [1.807, 2.05) is 0 Å². The smallest absolute Gasteiger partial charge is 0.00634 e. The molecule has 0 spiro atoms. The summed E-state index contributed by atoms with van der Waals surface area (Å²) in [7, 11) is 4.36. The van der Waals surface area contributed by atoms with Crippen LogP contribution < -0.4 is 0 Å². The third kappa shape index (κ3) is 2.82. The van der Waals surface area contributed by atoms with Crippen LogP contribution in [0.2, 0.25) is 0 Å². The van der Waals surface area contributed by atoms with Crippen molar-refractivity contribution in [3.05, 3.63) is 0 Å². The monoisotopic (exact) mass is 155 g/mol. The highest BCUT2D eigenvalue weighted by Gasteiger charge is 2.18. The van der Waals surface area contributed by atoms with Crippen molar-refractivity contribution in [2.75, 3.05) is 14.1 Å². The first kappa shape index (κ1) is 9.05. The van der Waals surface area contributed by atoms with Crippen molar-refractivity contribution in [2.45, 2.75) is 45.1 Å². The van der Waals surface area contributed by atoms with E-state index < -0.39 is 0 Å².